The maximum atomic E-state index is 13.6. The highest BCUT2D eigenvalue weighted by molar-refractivity contribution is 5.75. The summed E-state index contributed by atoms with van der Waals surface area (Å²) in [5.41, 5.74) is -0.301. The number of aliphatic hydroxyl groups is 2. The Balaban J connectivity index is 1.49. The maximum absolute atomic E-state index is 13.6. The summed E-state index contributed by atoms with van der Waals surface area (Å²) < 4.78 is 27.3. The minimum absolute atomic E-state index is 0.0104. The van der Waals surface area contributed by atoms with Crippen LogP contribution in [0.2, 0.25) is 0 Å². The lowest BCUT2D eigenvalue weighted by molar-refractivity contribution is 0.0530. The second-order valence-corrected chi connectivity index (χ2v) is 9.25. The van der Waals surface area contributed by atoms with Gasteiger partial charge in [-0.3, -0.25) is 0 Å². The molecule has 7 nitrogen and oxygen atoms in total. The summed E-state index contributed by atoms with van der Waals surface area (Å²) in [6.07, 6.45) is 2.40. The van der Waals surface area contributed by atoms with Crippen molar-refractivity contribution in [3.8, 4) is 0 Å². The molecule has 1 fully saturated rings. The number of halogens is 2. The summed E-state index contributed by atoms with van der Waals surface area (Å²) in [4.78, 5) is 16.0. The molecule has 1 saturated heterocycles. The van der Waals surface area contributed by atoms with Gasteiger partial charge in [0.05, 0.1) is 12.3 Å². The van der Waals surface area contributed by atoms with Crippen LogP contribution in [0.15, 0.2) is 85.1 Å². The number of rotatable bonds is 5. The molecule has 0 radical (unpaired) electrons. The van der Waals surface area contributed by atoms with Gasteiger partial charge < -0.3 is 15.1 Å². The first-order chi connectivity index (χ1) is 17.8. The van der Waals surface area contributed by atoms with Crippen LogP contribution in [-0.2, 0) is 12.0 Å². The molecule has 1 amide bonds. The molecule has 0 aliphatic carbocycles. The zero-order valence-corrected chi connectivity index (χ0v) is 19.9. The molecule has 190 valence electrons. The Labute approximate surface area is 212 Å². The molecule has 1 aliphatic rings. The Morgan fingerprint density at radius 3 is 2.11 bits per heavy atom. The van der Waals surface area contributed by atoms with Crippen LogP contribution < -0.4 is 0 Å². The molecule has 0 saturated carbocycles. The van der Waals surface area contributed by atoms with Gasteiger partial charge in [-0.15, -0.1) is 5.10 Å². The van der Waals surface area contributed by atoms with Crippen LogP contribution >= 0.6 is 0 Å². The minimum Gasteiger partial charge on any atom is -0.391 e. The summed E-state index contributed by atoms with van der Waals surface area (Å²) in [6, 6.07) is 19.5. The quantitative estimate of drug-likeness (QED) is 0.431. The average molecular weight is 505 g/mol. The summed E-state index contributed by atoms with van der Waals surface area (Å²) >= 11 is 0. The predicted octanol–water partition coefficient (Wildman–Crippen LogP) is 3.88. The van der Waals surface area contributed by atoms with Crippen LogP contribution in [0, 0.1) is 11.6 Å². The van der Waals surface area contributed by atoms with E-state index in [1.807, 2.05) is 30.3 Å². The van der Waals surface area contributed by atoms with Crippen LogP contribution in [-0.4, -0.2) is 54.8 Å². The minimum atomic E-state index is -1.93. The van der Waals surface area contributed by atoms with Gasteiger partial charge in [0.25, 0.3) is 0 Å². The van der Waals surface area contributed by atoms with Gasteiger partial charge in [0.2, 0.25) is 0 Å². The van der Waals surface area contributed by atoms with Crippen molar-refractivity contribution in [1.29, 1.82) is 0 Å². The van der Waals surface area contributed by atoms with Gasteiger partial charge >= 0.3 is 6.03 Å². The second-order valence-electron chi connectivity index (χ2n) is 9.25. The molecule has 2 unspecified atom stereocenters. The molecule has 1 aromatic heterocycles. The summed E-state index contributed by atoms with van der Waals surface area (Å²) in [5, 5.41) is 30.6. The lowest BCUT2D eigenvalue weighted by Crippen LogP contribution is -2.51. The number of carbonyl (C=O) groups excluding carboxylic acids is 1. The Morgan fingerprint density at radius 1 is 0.919 bits per heavy atom. The van der Waals surface area contributed by atoms with Crippen molar-refractivity contribution in [2.75, 3.05) is 6.54 Å². The van der Waals surface area contributed by atoms with Crippen LogP contribution in [0.25, 0.3) is 0 Å². The molecule has 1 aliphatic heterocycles. The van der Waals surface area contributed by atoms with Crippen molar-refractivity contribution >= 4 is 6.03 Å². The second kappa shape index (κ2) is 10.2. The van der Waals surface area contributed by atoms with E-state index in [0.29, 0.717) is 19.3 Å². The topological polar surface area (TPSA) is 91.5 Å². The zero-order chi connectivity index (χ0) is 26.0. The molecule has 0 spiro atoms. The van der Waals surface area contributed by atoms with Gasteiger partial charge in [-0.2, -0.15) is 5.10 Å². The molecular formula is C28H26F2N4O3. The van der Waals surface area contributed by atoms with Crippen LogP contribution in [0.5, 0.6) is 0 Å². The highest BCUT2D eigenvalue weighted by Gasteiger charge is 2.39. The number of amides is 1. The lowest BCUT2D eigenvalue weighted by Gasteiger charge is -2.37. The van der Waals surface area contributed by atoms with Crippen LogP contribution in [0.4, 0.5) is 13.6 Å². The van der Waals surface area contributed by atoms with Gasteiger partial charge in [-0.05, 0) is 60.2 Å². The summed E-state index contributed by atoms with van der Waals surface area (Å²) in [5.74, 6) is -0.977. The van der Waals surface area contributed by atoms with Crippen molar-refractivity contribution in [2.45, 2.75) is 37.0 Å². The van der Waals surface area contributed by atoms with E-state index in [0.717, 1.165) is 10.4 Å². The fourth-order valence-corrected chi connectivity index (χ4v) is 4.82. The van der Waals surface area contributed by atoms with E-state index in [1.54, 1.807) is 4.90 Å². The van der Waals surface area contributed by atoms with Crippen molar-refractivity contribution < 1.29 is 23.8 Å². The molecule has 2 N–H and O–H groups in total. The van der Waals surface area contributed by atoms with Gasteiger partial charge in [0.15, 0.2) is 5.60 Å². The summed E-state index contributed by atoms with van der Waals surface area (Å²) in [7, 11) is 0. The Kier molecular flexibility index (Phi) is 6.82. The fraction of sp³-hybridized carbons (Fsp3) is 0.250. The van der Waals surface area contributed by atoms with Crippen LogP contribution in [0.1, 0.15) is 35.2 Å². The SMILES string of the molecule is O=C(N1CC(O)CCC1Cc1ccccc1)n1ncc(C(O)(c2ccc(F)cc2)c2ccc(F)cc2)n1. The van der Waals surface area contributed by atoms with Gasteiger partial charge in [0.1, 0.15) is 17.3 Å². The number of aromatic nitrogens is 3. The highest BCUT2D eigenvalue weighted by Crippen LogP contribution is 2.35. The third-order valence-electron chi connectivity index (χ3n) is 6.80. The molecule has 9 heteroatoms. The molecule has 4 aromatic rings. The van der Waals surface area contributed by atoms with Gasteiger partial charge in [-0.25, -0.2) is 13.6 Å². The lowest BCUT2D eigenvalue weighted by atomic mass is 9.84. The average Bonchev–Trinajstić information content (AvgIpc) is 3.41. The van der Waals surface area contributed by atoms with E-state index in [-0.39, 0.29) is 29.4 Å². The first-order valence-electron chi connectivity index (χ1n) is 12.0. The van der Waals surface area contributed by atoms with Crippen molar-refractivity contribution in [3.05, 3.63) is 119 Å². The number of hydrogen-bond acceptors (Lipinski definition) is 5. The fourth-order valence-electron chi connectivity index (χ4n) is 4.82. The molecular weight excluding hydrogens is 478 g/mol. The smallest absolute Gasteiger partial charge is 0.362 e. The number of hydrogen-bond donors (Lipinski definition) is 2. The third kappa shape index (κ3) is 5.00. The van der Waals surface area contributed by atoms with E-state index in [1.165, 1.54) is 54.7 Å². The normalized spacial score (nSPS) is 18.1. The van der Waals surface area contributed by atoms with E-state index >= 15 is 0 Å². The number of likely N-dealkylation sites (tertiary alicyclic amines) is 1. The maximum Gasteiger partial charge on any atom is 0.362 e. The zero-order valence-electron chi connectivity index (χ0n) is 19.9. The molecule has 0 bridgehead atoms. The van der Waals surface area contributed by atoms with E-state index < -0.39 is 29.4 Å². The van der Waals surface area contributed by atoms with Crippen molar-refractivity contribution in [2.24, 2.45) is 0 Å². The standard InChI is InChI=1S/C28H26F2N4O3/c29-22-10-6-20(7-11-22)28(37,21-8-12-23(30)13-9-21)26-17-31-34(32-26)27(36)33-18-25(35)15-14-24(33)16-19-4-2-1-3-5-19/h1-13,17,24-25,35,37H,14-16,18H2. The molecule has 37 heavy (non-hydrogen) atoms. The number of β-amino-alcohol motifs (C(OH)–C–C–N with tert-alkyl or cyclic N) is 1. The Bertz CT molecular complexity index is 1310. The Morgan fingerprint density at radius 2 is 1.51 bits per heavy atom. The number of carbonyl (C=O) groups is 1. The third-order valence-corrected chi connectivity index (χ3v) is 6.80. The van der Waals surface area contributed by atoms with Gasteiger partial charge in [-0.1, -0.05) is 59.4 Å². The molecule has 2 heterocycles. The van der Waals surface area contributed by atoms with Crippen molar-refractivity contribution in [3.63, 3.8) is 0 Å². The number of piperidine rings is 1. The Hall–Kier alpha value is -3.95. The predicted molar refractivity (Wildman–Crippen MR) is 132 cm³/mol. The van der Waals surface area contributed by atoms with Crippen molar-refractivity contribution in [1.82, 2.24) is 19.9 Å². The first-order valence-corrected chi connectivity index (χ1v) is 12.0. The molecule has 2 atom stereocenters. The number of benzene rings is 3. The summed E-state index contributed by atoms with van der Waals surface area (Å²) in [6.45, 7) is 0.132. The van der Waals surface area contributed by atoms with E-state index in [4.69, 9.17) is 0 Å². The highest BCUT2D eigenvalue weighted by atomic mass is 19.1. The molecule has 5 rings (SSSR count). The van der Waals surface area contributed by atoms with Crippen LogP contribution in [0.3, 0.4) is 0 Å². The molecule has 3 aromatic carbocycles. The van der Waals surface area contributed by atoms with E-state index in [9.17, 15) is 23.8 Å². The largest absolute Gasteiger partial charge is 0.391 e. The monoisotopic (exact) mass is 504 g/mol. The number of aliphatic hydroxyl groups excluding tert-OH is 1. The first kappa shape index (κ1) is 24.7. The van der Waals surface area contributed by atoms with E-state index in [2.05, 4.69) is 10.2 Å². The number of nitrogens with zero attached hydrogens (tertiary/aromatic N) is 4. The van der Waals surface area contributed by atoms with Gasteiger partial charge in [0, 0.05) is 12.6 Å².